The molecule has 1 unspecified atom stereocenters. The highest BCUT2D eigenvalue weighted by Crippen LogP contribution is 2.33. The number of benzene rings is 2. The van der Waals surface area contributed by atoms with Crippen molar-refractivity contribution >= 4 is 34.8 Å². The number of carbonyl (C=O) groups is 2. The van der Waals surface area contributed by atoms with Gasteiger partial charge in [0.05, 0.1) is 18.2 Å². The Labute approximate surface area is 157 Å². The summed E-state index contributed by atoms with van der Waals surface area (Å²) in [5.74, 6) is -0.0408. The van der Waals surface area contributed by atoms with E-state index in [2.05, 4.69) is 5.32 Å². The van der Waals surface area contributed by atoms with E-state index in [9.17, 15) is 9.59 Å². The van der Waals surface area contributed by atoms with Crippen LogP contribution in [0.15, 0.2) is 42.5 Å². The molecule has 6 heteroatoms. The summed E-state index contributed by atoms with van der Waals surface area (Å²) in [4.78, 5) is 26.7. The minimum absolute atomic E-state index is 0.0840. The zero-order valence-electron chi connectivity index (χ0n) is 14.8. The molecule has 1 aliphatic rings. The van der Waals surface area contributed by atoms with E-state index in [-0.39, 0.29) is 18.2 Å². The first-order valence-electron chi connectivity index (χ1n) is 8.58. The summed E-state index contributed by atoms with van der Waals surface area (Å²) >= 11 is 6.10. The number of nitrogens with zero attached hydrogens (tertiary/aromatic N) is 1. The lowest BCUT2D eigenvalue weighted by atomic mass is 10.1. The van der Waals surface area contributed by atoms with E-state index < -0.39 is 5.92 Å². The van der Waals surface area contributed by atoms with Gasteiger partial charge in [-0.15, -0.1) is 0 Å². The number of hydrogen-bond donors (Lipinski definition) is 1. The Morgan fingerprint density at radius 1 is 1.31 bits per heavy atom. The summed E-state index contributed by atoms with van der Waals surface area (Å²) in [6.45, 7) is 4.63. The van der Waals surface area contributed by atoms with Crippen LogP contribution in [0.1, 0.15) is 18.9 Å². The van der Waals surface area contributed by atoms with Crippen molar-refractivity contribution in [2.45, 2.75) is 20.3 Å². The molecule has 0 radical (unpaired) electrons. The number of rotatable bonds is 5. The fourth-order valence-corrected chi connectivity index (χ4v) is 3.17. The summed E-state index contributed by atoms with van der Waals surface area (Å²) in [6, 6.07) is 12.7. The summed E-state index contributed by atoms with van der Waals surface area (Å²) < 4.78 is 5.60. The summed E-state index contributed by atoms with van der Waals surface area (Å²) in [5, 5.41) is 3.45. The van der Waals surface area contributed by atoms with E-state index in [1.54, 1.807) is 17.0 Å². The molecular weight excluding hydrogens is 352 g/mol. The number of amides is 2. The summed E-state index contributed by atoms with van der Waals surface area (Å²) in [7, 11) is 0. The predicted molar refractivity (Wildman–Crippen MR) is 103 cm³/mol. The van der Waals surface area contributed by atoms with Gasteiger partial charge in [-0.25, -0.2) is 0 Å². The first-order chi connectivity index (χ1) is 12.5. The third-order valence-corrected chi connectivity index (χ3v) is 4.80. The van der Waals surface area contributed by atoms with Gasteiger partial charge in [-0.1, -0.05) is 29.8 Å². The molecule has 26 heavy (non-hydrogen) atoms. The van der Waals surface area contributed by atoms with Gasteiger partial charge in [0.15, 0.2) is 0 Å². The Balaban J connectivity index is 1.73. The number of carbonyl (C=O) groups excluding carboxylic acids is 2. The van der Waals surface area contributed by atoms with Crippen molar-refractivity contribution in [3.8, 4) is 5.75 Å². The minimum atomic E-state index is -0.419. The molecule has 0 spiro atoms. The Bertz CT molecular complexity index is 838. The number of para-hydroxylation sites is 2. The molecule has 3 rings (SSSR count). The smallest absolute Gasteiger partial charge is 0.229 e. The second-order valence-corrected chi connectivity index (χ2v) is 6.67. The molecule has 0 aromatic heterocycles. The lowest BCUT2D eigenvalue weighted by molar-refractivity contribution is -0.122. The third-order valence-electron chi connectivity index (χ3n) is 4.39. The second kappa shape index (κ2) is 7.79. The average molecular weight is 373 g/mol. The number of anilines is 2. The summed E-state index contributed by atoms with van der Waals surface area (Å²) in [6.07, 6.45) is 0.173. The van der Waals surface area contributed by atoms with Crippen LogP contribution in [0, 0.1) is 12.8 Å². The molecule has 1 aliphatic heterocycles. The zero-order valence-corrected chi connectivity index (χ0v) is 15.5. The molecule has 0 aliphatic carbocycles. The van der Waals surface area contributed by atoms with E-state index in [1.807, 2.05) is 44.2 Å². The van der Waals surface area contributed by atoms with Gasteiger partial charge >= 0.3 is 0 Å². The molecule has 0 bridgehead atoms. The van der Waals surface area contributed by atoms with Gasteiger partial charge < -0.3 is 15.0 Å². The van der Waals surface area contributed by atoms with E-state index in [4.69, 9.17) is 16.3 Å². The fraction of sp³-hybridized carbons (Fsp3) is 0.300. The zero-order chi connectivity index (χ0) is 18.7. The topological polar surface area (TPSA) is 58.6 Å². The molecule has 1 fully saturated rings. The molecule has 1 atom stereocenters. The fourth-order valence-electron chi connectivity index (χ4n) is 2.99. The number of hydrogen-bond acceptors (Lipinski definition) is 3. The standard InChI is InChI=1S/C20H21ClN2O3/c1-3-26-18-7-5-4-6-17(18)23-12-14(10-19(23)24)20(25)22-15-9-8-13(2)16(21)11-15/h4-9,11,14H,3,10,12H2,1-2H3,(H,22,25). The molecule has 2 aromatic carbocycles. The van der Waals surface area contributed by atoms with Crippen LogP contribution in [-0.2, 0) is 9.59 Å². The molecule has 1 heterocycles. The minimum Gasteiger partial charge on any atom is -0.492 e. The SMILES string of the molecule is CCOc1ccccc1N1CC(C(=O)Nc2ccc(C)c(Cl)c2)CC1=O. The van der Waals surface area contributed by atoms with Crippen molar-refractivity contribution in [1.29, 1.82) is 0 Å². The molecule has 5 nitrogen and oxygen atoms in total. The van der Waals surface area contributed by atoms with E-state index in [0.717, 1.165) is 5.56 Å². The molecule has 2 aromatic rings. The van der Waals surface area contributed by atoms with E-state index in [0.29, 0.717) is 35.3 Å². The van der Waals surface area contributed by atoms with Crippen molar-refractivity contribution in [2.75, 3.05) is 23.4 Å². The van der Waals surface area contributed by atoms with Gasteiger partial charge in [0.25, 0.3) is 0 Å². The number of aryl methyl sites for hydroxylation is 1. The lowest BCUT2D eigenvalue weighted by Gasteiger charge is -2.20. The van der Waals surface area contributed by atoms with Crippen LogP contribution >= 0.6 is 11.6 Å². The van der Waals surface area contributed by atoms with Gasteiger partial charge in [0, 0.05) is 23.7 Å². The van der Waals surface area contributed by atoms with Gasteiger partial charge in [0.2, 0.25) is 11.8 Å². The number of halogens is 1. The highest BCUT2D eigenvalue weighted by atomic mass is 35.5. The third kappa shape index (κ3) is 3.83. The maximum Gasteiger partial charge on any atom is 0.229 e. The van der Waals surface area contributed by atoms with Crippen LogP contribution in [0.4, 0.5) is 11.4 Å². The lowest BCUT2D eigenvalue weighted by Crippen LogP contribution is -2.28. The normalized spacial score (nSPS) is 16.7. The Morgan fingerprint density at radius 3 is 2.81 bits per heavy atom. The summed E-state index contributed by atoms with van der Waals surface area (Å²) in [5.41, 5.74) is 2.28. The van der Waals surface area contributed by atoms with Crippen LogP contribution in [-0.4, -0.2) is 25.0 Å². The van der Waals surface area contributed by atoms with E-state index in [1.165, 1.54) is 0 Å². The largest absolute Gasteiger partial charge is 0.492 e. The molecule has 1 saturated heterocycles. The van der Waals surface area contributed by atoms with Crippen LogP contribution in [0.25, 0.3) is 0 Å². The molecule has 2 amide bonds. The monoisotopic (exact) mass is 372 g/mol. The average Bonchev–Trinajstić information content (AvgIpc) is 3.01. The number of ether oxygens (including phenoxy) is 1. The highest BCUT2D eigenvalue weighted by Gasteiger charge is 2.36. The molecule has 1 N–H and O–H groups in total. The first kappa shape index (κ1) is 18.3. The molecular formula is C20H21ClN2O3. The number of nitrogens with one attached hydrogen (secondary N) is 1. The Kier molecular flexibility index (Phi) is 5.47. The van der Waals surface area contributed by atoms with Gasteiger partial charge in [-0.3, -0.25) is 9.59 Å². The highest BCUT2D eigenvalue weighted by molar-refractivity contribution is 6.31. The van der Waals surface area contributed by atoms with Gasteiger partial charge in [-0.05, 0) is 43.7 Å². The van der Waals surface area contributed by atoms with Crippen LogP contribution in [0.3, 0.4) is 0 Å². The second-order valence-electron chi connectivity index (χ2n) is 6.26. The van der Waals surface area contributed by atoms with Gasteiger partial charge in [0.1, 0.15) is 5.75 Å². The van der Waals surface area contributed by atoms with Crippen LogP contribution < -0.4 is 15.0 Å². The van der Waals surface area contributed by atoms with Gasteiger partial charge in [-0.2, -0.15) is 0 Å². The van der Waals surface area contributed by atoms with Crippen LogP contribution in [0.5, 0.6) is 5.75 Å². The van der Waals surface area contributed by atoms with Crippen LogP contribution in [0.2, 0.25) is 5.02 Å². The van der Waals surface area contributed by atoms with Crippen molar-refractivity contribution in [2.24, 2.45) is 5.92 Å². The maximum atomic E-state index is 12.6. The maximum absolute atomic E-state index is 12.6. The molecule has 0 saturated carbocycles. The predicted octanol–water partition coefficient (Wildman–Crippen LogP) is 4.04. The van der Waals surface area contributed by atoms with Crippen molar-refractivity contribution in [3.05, 3.63) is 53.1 Å². The quantitative estimate of drug-likeness (QED) is 0.861. The van der Waals surface area contributed by atoms with E-state index >= 15 is 0 Å². The Morgan fingerprint density at radius 2 is 2.08 bits per heavy atom. The van der Waals surface area contributed by atoms with Crippen molar-refractivity contribution < 1.29 is 14.3 Å². The molecule has 136 valence electrons. The Hall–Kier alpha value is -2.53. The first-order valence-corrected chi connectivity index (χ1v) is 8.96. The van der Waals surface area contributed by atoms with Crippen molar-refractivity contribution in [1.82, 2.24) is 0 Å². The van der Waals surface area contributed by atoms with Crippen molar-refractivity contribution in [3.63, 3.8) is 0 Å².